The van der Waals surface area contributed by atoms with Crippen molar-refractivity contribution in [3.8, 4) is 23.0 Å². The summed E-state index contributed by atoms with van der Waals surface area (Å²) in [7, 11) is 0.109. The van der Waals surface area contributed by atoms with Crippen molar-refractivity contribution in [2.75, 3.05) is 14.2 Å². The van der Waals surface area contributed by atoms with Crippen LogP contribution in [0.4, 0.5) is 0 Å². The van der Waals surface area contributed by atoms with Crippen molar-refractivity contribution in [2.24, 2.45) is 7.05 Å². The second-order valence-corrected chi connectivity index (χ2v) is 7.90. The highest BCUT2D eigenvalue weighted by atomic mass is 35.5. The smallest absolute Gasteiger partial charge is 0.285 e. The van der Waals surface area contributed by atoms with Crippen LogP contribution in [0, 0.1) is 0 Å². The van der Waals surface area contributed by atoms with Gasteiger partial charge in [0.25, 0.3) is 15.9 Å². The van der Waals surface area contributed by atoms with Crippen molar-refractivity contribution >= 4 is 27.5 Å². The van der Waals surface area contributed by atoms with E-state index in [2.05, 4.69) is 9.97 Å². The average molecular weight is 437 g/mol. The first kappa shape index (κ1) is 20.6. The van der Waals surface area contributed by atoms with Crippen LogP contribution >= 0.6 is 11.6 Å². The molecule has 0 aliphatic carbocycles. The summed E-state index contributed by atoms with van der Waals surface area (Å²) in [6, 6.07) is 7.53. The number of imidazole rings is 1. The van der Waals surface area contributed by atoms with Gasteiger partial charge in [0.05, 0.1) is 19.2 Å². The lowest BCUT2D eigenvalue weighted by atomic mass is 10.3. The van der Waals surface area contributed by atoms with Gasteiger partial charge in [0.2, 0.25) is 0 Å². The SMILES string of the molecule is COc1ccc(OC)c(S(=O)(=O)NC(=O)c2cn(C)c(-c3ncccc3Cl)n2)c1. The predicted molar refractivity (Wildman–Crippen MR) is 106 cm³/mol. The van der Waals surface area contributed by atoms with E-state index in [1.54, 1.807) is 25.2 Å². The molecule has 0 saturated heterocycles. The molecule has 2 aromatic heterocycles. The number of nitrogens with zero attached hydrogens (tertiary/aromatic N) is 3. The number of benzene rings is 1. The number of rotatable bonds is 6. The molecular formula is C18H17ClN4O5S. The van der Waals surface area contributed by atoms with Gasteiger partial charge in [-0.25, -0.2) is 18.1 Å². The van der Waals surface area contributed by atoms with Gasteiger partial charge < -0.3 is 14.0 Å². The van der Waals surface area contributed by atoms with Crippen LogP contribution in [0.5, 0.6) is 11.5 Å². The number of ether oxygens (including phenoxy) is 2. The number of halogens is 1. The van der Waals surface area contributed by atoms with E-state index < -0.39 is 15.9 Å². The first-order valence-corrected chi connectivity index (χ1v) is 10.1. The summed E-state index contributed by atoms with van der Waals surface area (Å²) in [6.45, 7) is 0. The fourth-order valence-electron chi connectivity index (χ4n) is 2.57. The van der Waals surface area contributed by atoms with E-state index in [4.69, 9.17) is 21.1 Å². The van der Waals surface area contributed by atoms with Gasteiger partial charge in [0, 0.05) is 25.5 Å². The fraction of sp³-hybridized carbons (Fsp3) is 0.167. The van der Waals surface area contributed by atoms with Crippen molar-refractivity contribution in [2.45, 2.75) is 4.90 Å². The summed E-state index contributed by atoms with van der Waals surface area (Å²) in [6.07, 6.45) is 2.92. The van der Waals surface area contributed by atoms with Crippen LogP contribution in [-0.2, 0) is 17.1 Å². The third kappa shape index (κ3) is 4.17. The second-order valence-electron chi connectivity index (χ2n) is 5.85. The van der Waals surface area contributed by atoms with Crippen molar-refractivity contribution in [1.29, 1.82) is 0 Å². The van der Waals surface area contributed by atoms with Crippen LogP contribution in [0.1, 0.15) is 10.5 Å². The third-order valence-electron chi connectivity index (χ3n) is 3.97. The molecule has 3 aromatic rings. The van der Waals surface area contributed by atoms with Crippen LogP contribution < -0.4 is 14.2 Å². The number of hydrogen-bond donors (Lipinski definition) is 1. The molecule has 9 nitrogen and oxygen atoms in total. The average Bonchev–Trinajstić information content (AvgIpc) is 3.09. The van der Waals surface area contributed by atoms with Gasteiger partial charge in [-0.05, 0) is 24.3 Å². The molecule has 3 rings (SSSR count). The van der Waals surface area contributed by atoms with Crippen LogP contribution in [0.25, 0.3) is 11.5 Å². The normalized spacial score (nSPS) is 11.2. The number of nitrogens with one attached hydrogen (secondary N) is 1. The van der Waals surface area contributed by atoms with Crippen molar-refractivity contribution in [3.63, 3.8) is 0 Å². The number of carbonyl (C=O) groups excluding carboxylic acids is 1. The second kappa shape index (κ2) is 8.10. The number of hydrogen-bond acceptors (Lipinski definition) is 7. The Kier molecular flexibility index (Phi) is 5.76. The molecule has 0 bridgehead atoms. The van der Waals surface area contributed by atoms with E-state index >= 15 is 0 Å². The Bertz CT molecular complexity index is 1180. The topological polar surface area (TPSA) is 112 Å². The Morgan fingerprint density at radius 3 is 2.62 bits per heavy atom. The maximum absolute atomic E-state index is 12.7. The summed E-state index contributed by atoms with van der Waals surface area (Å²) in [5.41, 5.74) is 0.252. The number of sulfonamides is 1. The summed E-state index contributed by atoms with van der Waals surface area (Å²) >= 11 is 6.13. The van der Waals surface area contributed by atoms with Crippen LogP contribution in [0.2, 0.25) is 5.02 Å². The molecule has 0 aliphatic rings. The number of aromatic nitrogens is 3. The van der Waals surface area contributed by atoms with E-state index in [-0.39, 0.29) is 16.3 Å². The van der Waals surface area contributed by atoms with E-state index in [0.717, 1.165) is 0 Å². The third-order valence-corrected chi connectivity index (χ3v) is 5.62. The lowest BCUT2D eigenvalue weighted by Gasteiger charge is -2.11. The highest BCUT2D eigenvalue weighted by Gasteiger charge is 2.25. The van der Waals surface area contributed by atoms with Gasteiger partial charge in [-0.15, -0.1) is 0 Å². The predicted octanol–water partition coefficient (Wildman–Crippen LogP) is 2.27. The van der Waals surface area contributed by atoms with Crippen LogP contribution in [0.15, 0.2) is 47.6 Å². The van der Waals surface area contributed by atoms with Gasteiger partial charge >= 0.3 is 0 Å². The molecule has 1 aromatic carbocycles. The molecule has 0 saturated carbocycles. The van der Waals surface area contributed by atoms with E-state index in [9.17, 15) is 13.2 Å². The maximum Gasteiger partial charge on any atom is 0.285 e. The minimum Gasteiger partial charge on any atom is -0.497 e. The highest BCUT2D eigenvalue weighted by molar-refractivity contribution is 7.90. The van der Waals surface area contributed by atoms with Crippen LogP contribution in [-0.4, -0.2) is 43.1 Å². The van der Waals surface area contributed by atoms with Gasteiger partial charge in [0.15, 0.2) is 5.82 Å². The minimum atomic E-state index is -4.25. The molecular weight excluding hydrogens is 420 g/mol. The number of aryl methyl sites for hydroxylation is 1. The highest BCUT2D eigenvalue weighted by Crippen LogP contribution is 2.28. The first-order valence-electron chi connectivity index (χ1n) is 8.20. The van der Waals surface area contributed by atoms with Gasteiger partial charge in [-0.1, -0.05) is 11.6 Å². The van der Waals surface area contributed by atoms with Crippen molar-refractivity contribution in [1.82, 2.24) is 19.3 Å². The summed E-state index contributed by atoms with van der Waals surface area (Å²) < 4.78 is 39.1. The maximum atomic E-state index is 12.7. The molecule has 0 spiro atoms. The molecule has 152 valence electrons. The summed E-state index contributed by atoms with van der Waals surface area (Å²) in [5, 5.41) is 0.349. The first-order chi connectivity index (χ1) is 13.8. The molecule has 0 fully saturated rings. The molecule has 2 heterocycles. The monoisotopic (exact) mass is 436 g/mol. The zero-order chi connectivity index (χ0) is 21.2. The standard InChI is InChI=1S/C18H17ClN4O5S/c1-23-10-13(21-17(23)16-12(19)5-4-8-20-16)18(24)22-29(25,26)15-9-11(27-2)6-7-14(15)28-3/h4-10H,1-3H3,(H,22,24). The molecule has 0 aliphatic heterocycles. The number of methoxy groups -OCH3 is 2. The minimum absolute atomic E-state index is 0.0630. The van der Waals surface area contributed by atoms with Gasteiger partial charge in [-0.2, -0.15) is 0 Å². The number of pyridine rings is 1. The van der Waals surface area contributed by atoms with E-state index in [1.807, 2.05) is 4.72 Å². The number of amides is 1. The quantitative estimate of drug-likeness (QED) is 0.630. The number of carbonyl (C=O) groups is 1. The van der Waals surface area contributed by atoms with Crippen molar-refractivity contribution < 1.29 is 22.7 Å². The zero-order valence-electron chi connectivity index (χ0n) is 15.7. The molecule has 29 heavy (non-hydrogen) atoms. The van der Waals surface area contributed by atoms with Crippen molar-refractivity contribution in [3.05, 3.63) is 53.4 Å². The Morgan fingerprint density at radius 2 is 1.97 bits per heavy atom. The molecule has 1 amide bonds. The molecule has 0 radical (unpaired) electrons. The molecule has 1 N–H and O–H groups in total. The largest absolute Gasteiger partial charge is 0.497 e. The summed E-state index contributed by atoms with van der Waals surface area (Å²) in [5.74, 6) is -0.238. The van der Waals surface area contributed by atoms with E-state index in [1.165, 1.54) is 43.3 Å². The molecule has 11 heteroatoms. The lowest BCUT2D eigenvalue weighted by Crippen LogP contribution is -2.31. The molecule has 0 atom stereocenters. The van der Waals surface area contributed by atoms with Crippen LogP contribution in [0.3, 0.4) is 0 Å². The molecule has 0 unspecified atom stereocenters. The Labute approximate surface area is 172 Å². The fourth-order valence-corrected chi connectivity index (χ4v) is 3.92. The Hall–Kier alpha value is -3.11. The zero-order valence-corrected chi connectivity index (χ0v) is 17.3. The van der Waals surface area contributed by atoms with Gasteiger partial charge in [0.1, 0.15) is 27.8 Å². The Morgan fingerprint density at radius 1 is 1.21 bits per heavy atom. The van der Waals surface area contributed by atoms with Gasteiger partial charge in [-0.3, -0.25) is 9.78 Å². The summed E-state index contributed by atoms with van der Waals surface area (Å²) in [4.78, 5) is 20.7. The lowest BCUT2D eigenvalue weighted by molar-refractivity contribution is 0.0977. The van der Waals surface area contributed by atoms with E-state index in [0.29, 0.717) is 22.3 Å². The Balaban J connectivity index is 1.93.